The summed E-state index contributed by atoms with van der Waals surface area (Å²) in [5.74, 6) is 0.177. The fraction of sp³-hybridized carbons (Fsp3) is 0.400. The van der Waals surface area contributed by atoms with Gasteiger partial charge in [-0.05, 0) is 24.8 Å². The lowest BCUT2D eigenvalue weighted by Crippen LogP contribution is -2.30. The molecule has 1 aromatic heterocycles. The molecule has 1 amide bonds. The van der Waals surface area contributed by atoms with Crippen molar-refractivity contribution in [2.75, 3.05) is 19.7 Å². The van der Waals surface area contributed by atoms with Crippen molar-refractivity contribution in [1.29, 1.82) is 0 Å². The van der Waals surface area contributed by atoms with E-state index in [4.69, 9.17) is 5.11 Å². The quantitative estimate of drug-likeness (QED) is 0.873. The van der Waals surface area contributed by atoms with E-state index in [2.05, 4.69) is 10.2 Å². The van der Waals surface area contributed by atoms with Gasteiger partial charge in [0.25, 0.3) is 11.5 Å². The number of benzene rings is 1. The van der Waals surface area contributed by atoms with Gasteiger partial charge in [-0.1, -0.05) is 18.2 Å². The molecule has 2 N–H and O–H groups in total. The van der Waals surface area contributed by atoms with Gasteiger partial charge in [-0.25, -0.2) is 5.10 Å². The summed E-state index contributed by atoms with van der Waals surface area (Å²) in [6.07, 6.45) is 1.61. The molecule has 1 atom stereocenters. The van der Waals surface area contributed by atoms with Crippen molar-refractivity contribution >= 4 is 16.7 Å². The molecule has 1 unspecified atom stereocenters. The van der Waals surface area contributed by atoms with E-state index in [0.717, 1.165) is 6.42 Å². The van der Waals surface area contributed by atoms with E-state index >= 15 is 0 Å². The monoisotopic (exact) mass is 287 g/mol. The van der Waals surface area contributed by atoms with E-state index in [0.29, 0.717) is 36.2 Å². The summed E-state index contributed by atoms with van der Waals surface area (Å²) < 4.78 is 0. The number of aliphatic hydroxyl groups is 1. The fourth-order valence-corrected chi connectivity index (χ4v) is 2.86. The largest absolute Gasteiger partial charge is 0.396 e. The van der Waals surface area contributed by atoms with Crippen LogP contribution in [0.1, 0.15) is 23.3 Å². The molecule has 0 bridgehead atoms. The molecule has 3 rings (SSSR count). The molecular weight excluding hydrogens is 270 g/mol. The third-order valence-corrected chi connectivity index (χ3v) is 4.01. The number of hydrogen-bond donors (Lipinski definition) is 2. The molecule has 6 nitrogen and oxygen atoms in total. The van der Waals surface area contributed by atoms with Crippen molar-refractivity contribution in [2.24, 2.45) is 5.92 Å². The van der Waals surface area contributed by atoms with Gasteiger partial charge in [0.2, 0.25) is 0 Å². The Morgan fingerprint density at radius 3 is 2.90 bits per heavy atom. The predicted octanol–water partition coefficient (Wildman–Crippen LogP) is 0.768. The zero-order valence-corrected chi connectivity index (χ0v) is 11.6. The Morgan fingerprint density at radius 1 is 1.38 bits per heavy atom. The number of aromatic nitrogens is 2. The van der Waals surface area contributed by atoms with Gasteiger partial charge in [-0.3, -0.25) is 9.59 Å². The normalized spacial score (nSPS) is 18.3. The number of fused-ring (bicyclic) bond motifs is 1. The summed E-state index contributed by atoms with van der Waals surface area (Å²) in [6, 6.07) is 6.98. The van der Waals surface area contributed by atoms with Crippen LogP contribution in [0.3, 0.4) is 0 Å². The lowest BCUT2D eigenvalue weighted by atomic mass is 10.1. The zero-order chi connectivity index (χ0) is 14.8. The Kier molecular flexibility index (Phi) is 3.70. The summed E-state index contributed by atoms with van der Waals surface area (Å²) in [7, 11) is 0. The van der Waals surface area contributed by atoms with Crippen LogP contribution in [-0.2, 0) is 0 Å². The van der Waals surface area contributed by atoms with Gasteiger partial charge in [0, 0.05) is 25.1 Å². The summed E-state index contributed by atoms with van der Waals surface area (Å²) in [4.78, 5) is 26.1. The zero-order valence-electron chi connectivity index (χ0n) is 11.6. The van der Waals surface area contributed by atoms with Gasteiger partial charge in [0.15, 0.2) is 5.69 Å². The van der Waals surface area contributed by atoms with Gasteiger partial charge in [0.05, 0.1) is 5.39 Å². The maximum Gasteiger partial charge on any atom is 0.274 e. The Balaban J connectivity index is 1.93. The molecule has 110 valence electrons. The van der Waals surface area contributed by atoms with Gasteiger partial charge in [-0.15, -0.1) is 0 Å². The lowest BCUT2D eigenvalue weighted by Gasteiger charge is -2.16. The van der Waals surface area contributed by atoms with Crippen molar-refractivity contribution in [1.82, 2.24) is 15.1 Å². The van der Waals surface area contributed by atoms with Crippen molar-refractivity contribution in [3.8, 4) is 0 Å². The van der Waals surface area contributed by atoms with E-state index in [1.165, 1.54) is 0 Å². The average molecular weight is 287 g/mol. The smallest absolute Gasteiger partial charge is 0.274 e. The summed E-state index contributed by atoms with van der Waals surface area (Å²) in [6.45, 7) is 1.44. The van der Waals surface area contributed by atoms with Crippen molar-refractivity contribution < 1.29 is 9.90 Å². The fourth-order valence-electron chi connectivity index (χ4n) is 2.86. The van der Waals surface area contributed by atoms with Crippen molar-refractivity contribution in [3.63, 3.8) is 0 Å². The average Bonchev–Trinajstić information content (AvgIpc) is 2.96. The van der Waals surface area contributed by atoms with E-state index in [1.54, 1.807) is 29.2 Å². The first-order chi connectivity index (χ1) is 10.2. The number of nitrogens with zero attached hydrogens (tertiary/aromatic N) is 2. The number of hydrogen-bond acceptors (Lipinski definition) is 4. The first kappa shape index (κ1) is 13.8. The van der Waals surface area contributed by atoms with E-state index in [1.807, 2.05) is 0 Å². The van der Waals surface area contributed by atoms with Crippen LogP contribution in [0.2, 0.25) is 0 Å². The molecule has 1 aliphatic rings. The SMILES string of the molecule is O=C(c1n[nH]c(=O)c2ccccc12)N1CCC(CCO)C1. The van der Waals surface area contributed by atoms with Crippen LogP contribution < -0.4 is 5.56 Å². The number of H-pyrrole nitrogens is 1. The Hall–Kier alpha value is -2.21. The molecule has 0 radical (unpaired) electrons. The van der Waals surface area contributed by atoms with Gasteiger partial charge in [-0.2, -0.15) is 5.10 Å². The molecule has 0 saturated carbocycles. The molecule has 0 spiro atoms. The second-order valence-corrected chi connectivity index (χ2v) is 5.37. The Labute approximate surface area is 121 Å². The number of aromatic amines is 1. The number of aliphatic hydroxyl groups excluding tert-OH is 1. The van der Waals surface area contributed by atoms with E-state index < -0.39 is 0 Å². The standard InChI is InChI=1S/C15H17N3O3/c19-8-6-10-5-7-18(9-10)15(21)13-11-3-1-2-4-12(11)14(20)17-16-13/h1-4,10,19H,5-9H2,(H,17,20). The third kappa shape index (κ3) is 2.54. The highest BCUT2D eigenvalue weighted by atomic mass is 16.3. The second-order valence-electron chi connectivity index (χ2n) is 5.37. The number of likely N-dealkylation sites (tertiary alicyclic amines) is 1. The minimum atomic E-state index is -0.290. The number of rotatable bonds is 3. The minimum Gasteiger partial charge on any atom is -0.396 e. The molecule has 2 heterocycles. The number of nitrogens with one attached hydrogen (secondary N) is 1. The van der Waals surface area contributed by atoms with Crippen LogP contribution in [0, 0.1) is 5.92 Å². The van der Waals surface area contributed by atoms with E-state index in [-0.39, 0.29) is 23.8 Å². The molecular formula is C15H17N3O3. The Bertz CT molecular complexity index is 725. The van der Waals surface area contributed by atoms with Crippen LogP contribution in [0.15, 0.2) is 29.1 Å². The van der Waals surface area contributed by atoms with E-state index in [9.17, 15) is 9.59 Å². The number of carbonyl (C=O) groups is 1. The highest BCUT2D eigenvalue weighted by Crippen LogP contribution is 2.22. The molecule has 1 aliphatic heterocycles. The Morgan fingerprint density at radius 2 is 2.14 bits per heavy atom. The van der Waals surface area contributed by atoms with Crippen LogP contribution in [0.5, 0.6) is 0 Å². The molecule has 2 aromatic rings. The summed E-state index contributed by atoms with van der Waals surface area (Å²) >= 11 is 0. The first-order valence-corrected chi connectivity index (χ1v) is 7.08. The van der Waals surface area contributed by atoms with Crippen molar-refractivity contribution in [2.45, 2.75) is 12.8 Å². The number of carbonyl (C=O) groups excluding carboxylic acids is 1. The molecule has 21 heavy (non-hydrogen) atoms. The maximum atomic E-state index is 12.6. The van der Waals surface area contributed by atoms with Crippen LogP contribution in [0.4, 0.5) is 0 Å². The molecule has 1 saturated heterocycles. The van der Waals surface area contributed by atoms with Gasteiger partial charge in [0.1, 0.15) is 0 Å². The molecule has 6 heteroatoms. The second kappa shape index (κ2) is 5.65. The summed E-state index contributed by atoms with van der Waals surface area (Å²) in [5, 5.41) is 16.4. The number of amides is 1. The van der Waals surface area contributed by atoms with Crippen LogP contribution >= 0.6 is 0 Å². The summed E-state index contributed by atoms with van der Waals surface area (Å²) in [5.41, 5.74) is -0.00317. The highest BCUT2D eigenvalue weighted by Gasteiger charge is 2.28. The molecule has 1 fully saturated rings. The first-order valence-electron chi connectivity index (χ1n) is 7.08. The lowest BCUT2D eigenvalue weighted by molar-refractivity contribution is 0.0780. The van der Waals surface area contributed by atoms with Crippen LogP contribution in [0.25, 0.3) is 10.8 Å². The minimum absolute atomic E-state index is 0.145. The molecule has 1 aromatic carbocycles. The predicted molar refractivity (Wildman–Crippen MR) is 78.1 cm³/mol. The topological polar surface area (TPSA) is 86.3 Å². The maximum absolute atomic E-state index is 12.6. The molecule has 0 aliphatic carbocycles. The van der Waals surface area contributed by atoms with Crippen molar-refractivity contribution in [3.05, 3.63) is 40.3 Å². The third-order valence-electron chi connectivity index (χ3n) is 4.01. The van der Waals surface area contributed by atoms with Gasteiger partial charge < -0.3 is 10.0 Å². The van der Waals surface area contributed by atoms with Crippen LogP contribution in [-0.4, -0.2) is 45.8 Å². The highest BCUT2D eigenvalue weighted by molar-refractivity contribution is 6.04. The van der Waals surface area contributed by atoms with Gasteiger partial charge >= 0.3 is 0 Å².